The number of benzene rings is 1. The number of esters is 1. The molecule has 1 fully saturated rings. The molecule has 0 heterocycles. The summed E-state index contributed by atoms with van der Waals surface area (Å²) in [6.07, 6.45) is 6.90. The van der Waals surface area contributed by atoms with Gasteiger partial charge in [-0.15, -0.1) is 11.6 Å². The van der Waals surface area contributed by atoms with Gasteiger partial charge in [0.25, 0.3) is 0 Å². The van der Waals surface area contributed by atoms with E-state index in [-0.39, 0.29) is 18.9 Å². The summed E-state index contributed by atoms with van der Waals surface area (Å²) >= 11 is 9.67. The molecule has 0 aliphatic heterocycles. The molecule has 1 aromatic carbocycles. The largest absolute Gasteiger partial charge is 0.465 e. The van der Waals surface area contributed by atoms with Crippen molar-refractivity contribution in [3.8, 4) is 0 Å². The lowest BCUT2D eigenvalue weighted by atomic mass is 9.83. The van der Waals surface area contributed by atoms with Gasteiger partial charge >= 0.3 is 5.97 Å². The first-order valence-corrected chi connectivity index (χ1v) is 11.7. The van der Waals surface area contributed by atoms with E-state index in [1.165, 1.54) is 12.7 Å². The van der Waals surface area contributed by atoms with E-state index >= 15 is 0 Å². The zero-order valence-corrected chi connectivity index (χ0v) is 17.7. The van der Waals surface area contributed by atoms with E-state index in [4.69, 9.17) is 16.3 Å². The Morgan fingerprint density at radius 3 is 2.52 bits per heavy atom. The zero-order chi connectivity index (χ0) is 18.6. The molecule has 7 heteroatoms. The molecule has 0 bridgehead atoms. The number of ether oxygens (including phenoxy) is 1. The van der Waals surface area contributed by atoms with Gasteiger partial charge in [0.05, 0.1) is 11.5 Å². The molecule has 1 unspecified atom stereocenters. The first kappa shape index (κ1) is 20.7. The van der Waals surface area contributed by atoms with E-state index in [2.05, 4.69) is 15.9 Å². The lowest BCUT2D eigenvalue weighted by Gasteiger charge is -2.26. The maximum absolute atomic E-state index is 12.4. The van der Waals surface area contributed by atoms with Gasteiger partial charge in [-0.3, -0.25) is 4.79 Å². The van der Waals surface area contributed by atoms with Gasteiger partial charge in [-0.1, -0.05) is 35.2 Å². The molecule has 140 valence electrons. The molecule has 1 aliphatic carbocycles. The maximum atomic E-state index is 12.4. The molecule has 1 aromatic rings. The van der Waals surface area contributed by atoms with Gasteiger partial charge in [0.2, 0.25) is 0 Å². The molecular formula is C18H24BrClO4S. The molecule has 1 saturated carbocycles. The van der Waals surface area contributed by atoms with E-state index < -0.39 is 21.2 Å². The Hall–Kier alpha value is -0.590. The van der Waals surface area contributed by atoms with Crippen molar-refractivity contribution in [2.75, 3.05) is 12.9 Å². The summed E-state index contributed by atoms with van der Waals surface area (Å²) in [5.41, 5.74) is 1.58. The first-order valence-electron chi connectivity index (χ1n) is 8.57. The molecule has 1 atom stereocenters. The van der Waals surface area contributed by atoms with Crippen molar-refractivity contribution in [1.82, 2.24) is 0 Å². The third kappa shape index (κ3) is 5.44. The van der Waals surface area contributed by atoms with Gasteiger partial charge in [0, 0.05) is 10.7 Å². The van der Waals surface area contributed by atoms with Crippen molar-refractivity contribution in [1.29, 1.82) is 0 Å². The summed E-state index contributed by atoms with van der Waals surface area (Å²) in [6.45, 7) is 1.99. The lowest BCUT2D eigenvalue weighted by molar-refractivity contribution is -0.142. The fraction of sp³-hybridized carbons (Fsp3) is 0.611. The van der Waals surface area contributed by atoms with Crippen LogP contribution in [-0.2, 0) is 25.8 Å². The van der Waals surface area contributed by atoms with Crippen LogP contribution in [0.1, 0.15) is 56.1 Å². The molecule has 25 heavy (non-hydrogen) atoms. The van der Waals surface area contributed by atoms with Crippen LogP contribution in [-0.4, -0.2) is 32.6 Å². The minimum absolute atomic E-state index is 0.229. The van der Waals surface area contributed by atoms with Crippen LogP contribution in [0.4, 0.5) is 0 Å². The van der Waals surface area contributed by atoms with Crippen molar-refractivity contribution in [2.45, 2.75) is 61.6 Å². The summed E-state index contributed by atoms with van der Waals surface area (Å²) in [5.74, 6) is -0.240. The highest BCUT2D eigenvalue weighted by Gasteiger charge is 2.27. The Morgan fingerprint density at radius 1 is 1.32 bits per heavy atom. The van der Waals surface area contributed by atoms with E-state index in [9.17, 15) is 13.2 Å². The number of alkyl halides is 1. The Labute approximate surface area is 163 Å². The molecule has 4 nitrogen and oxygen atoms in total. The lowest BCUT2D eigenvalue weighted by Crippen LogP contribution is -2.20. The molecule has 0 saturated heterocycles. The van der Waals surface area contributed by atoms with Crippen LogP contribution in [0.15, 0.2) is 21.5 Å². The molecule has 0 aromatic heterocycles. The Balaban J connectivity index is 2.38. The standard InChI is InChI=1S/C18H24BrClO4S/c1-3-24-18(21)15(20)10-12-9-14(19)17(13-7-5-4-6-8-13)16(11-12)25(2,22)23/h9,11,13,15H,3-8,10H2,1-2H3. The summed E-state index contributed by atoms with van der Waals surface area (Å²) in [6, 6.07) is 3.55. The SMILES string of the molecule is CCOC(=O)C(Cl)Cc1cc(Br)c(C2CCCCC2)c(S(C)(=O)=O)c1. The van der Waals surface area contributed by atoms with Crippen LogP contribution in [0, 0.1) is 0 Å². The number of hydrogen-bond acceptors (Lipinski definition) is 4. The van der Waals surface area contributed by atoms with E-state index in [1.807, 2.05) is 6.07 Å². The first-order chi connectivity index (χ1) is 11.7. The Bertz CT molecular complexity index is 727. The minimum Gasteiger partial charge on any atom is -0.465 e. The van der Waals surface area contributed by atoms with Gasteiger partial charge in [-0.05, 0) is 55.4 Å². The second kappa shape index (κ2) is 8.87. The molecule has 2 rings (SSSR count). The second-order valence-corrected chi connectivity index (χ2v) is 9.89. The minimum atomic E-state index is -3.38. The normalized spacial score (nSPS) is 17.3. The third-order valence-electron chi connectivity index (χ3n) is 4.52. The van der Waals surface area contributed by atoms with Crippen molar-refractivity contribution in [3.05, 3.63) is 27.7 Å². The molecule has 0 radical (unpaired) electrons. The summed E-state index contributed by atoms with van der Waals surface area (Å²) in [4.78, 5) is 12.1. The monoisotopic (exact) mass is 450 g/mol. The van der Waals surface area contributed by atoms with Gasteiger partial charge in [-0.25, -0.2) is 8.42 Å². The molecule has 0 spiro atoms. The molecule has 0 N–H and O–H groups in total. The number of carbonyl (C=O) groups excluding carboxylic acids is 1. The van der Waals surface area contributed by atoms with Crippen LogP contribution in [0.3, 0.4) is 0 Å². The van der Waals surface area contributed by atoms with Crippen molar-refractivity contribution >= 4 is 43.3 Å². The molecule has 0 amide bonds. The highest BCUT2D eigenvalue weighted by Crippen LogP contribution is 2.40. The van der Waals surface area contributed by atoms with Gasteiger partial charge < -0.3 is 4.74 Å². The number of sulfone groups is 1. The third-order valence-corrected chi connectivity index (χ3v) is 6.65. The predicted molar refractivity (Wildman–Crippen MR) is 103 cm³/mol. The molecule has 1 aliphatic rings. The Morgan fingerprint density at radius 2 is 1.96 bits per heavy atom. The number of halogens is 2. The Kier molecular flexibility index (Phi) is 7.35. The topological polar surface area (TPSA) is 60.4 Å². The summed E-state index contributed by atoms with van der Waals surface area (Å²) in [7, 11) is -3.38. The van der Waals surface area contributed by atoms with E-state index in [0.29, 0.717) is 10.5 Å². The van der Waals surface area contributed by atoms with Crippen LogP contribution in [0.25, 0.3) is 0 Å². The van der Waals surface area contributed by atoms with Gasteiger partial charge in [0.15, 0.2) is 9.84 Å². The number of hydrogen-bond donors (Lipinski definition) is 0. The van der Waals surface area contributed by atoms with Crippen LogP contribution in [0.2, 0.25) is 0 Å². The van der Waals surface area contributed by atoms with E-state index in [0.717, 1.165) is 35.7 Å². The highest BCUT2D eigenvalue weighted by atomic mass is 79.9. The van der Waals surface area contributed by atoms with Crippen LogP contribution >= 0.6 is 27.5 Å². The quantitative estimate of drug-likeness (QED) is 0.468. The van der Waals surface area contributed by atoms with Crippen LogP contribution in [0.5, 0.6) is 0 Å². The number of rotatable bonds is 6. The smallest absolute Gasteiger partial charge is 0.324 e. The molecular weight excluding hydrogens is 428 g/mol. The van der Waals surface area contributed by atoms with Crippen molar-refractivity contribution < 1.29 is 17.9 Å². The van der Waals surface area contributed by atoms with Crippen LogP contribution < -0.4 is 0 Å². The maximum Gasteiger partial charge on any atom is 0.324 e. The van der Waals surface area contributed by atoms with E-state index in [1.54, 1.807) is 13.0 Å². The fourth-order valence-electron chi connectivity index (χ4n) is 3.38. The predicted octanol–water partition coefficient (Wildman–Crippen LogP) is 4.61. The zero-order valence-electron chi connectivity index (χ0n) is 14.6. The van der Waals surface area contributed by atoms with Crippen molar-refractivity contribution in [3.63, 3.8) is 0 Å². The second-order valence-electron chi connectivity index (χ2n) is 6.52. The highest BCUT2D eigenvalue weighted by molar-refractivity contribution is 9.10. The summed E-state index contributed by atoms with van der Waals surface area (Å²) in [5, 5.41) is -0.834. The number of carbonyl (C=O) groups is 1. The average Bonchev–Trinajstić information content (AvgIpc) is 2.54. The van der Waals surface area contributed by atoms with Gasteiger partial charge in [-0.2, -0.15) is 0 Å². The average molecular weight is 452 g/mol. The van der Waals surface area contributed by atoms with Crippen molar-refractivity contribution in [2.24, 2.45) is 0 Å². The fourth-order valence-corrected chi connectivity index (χ4v) is 5.63. The summed E-state index contributed by atoms with van der Waals surface area (Å²) < 4.78 is 30.5. The van der Waals surface area contributed by atoms with Gasteiger partial charge in [0.1, 0.15) is 5.38 Å².